The lowest BCUT2D eigenvalue weighted by Crippen LogP contribution is -2.26. The van der Waals surface area contributed by atoms with Crippen LogP contribution in [0.15, 0.2) is 6.20 Å². The monoisotopic (exact) mass is 239 g/mol. The van der Waals surface area contributed by atoms with Gasteiger partial charge in [0.15, 0.2) is 5.75 Å². The fourth-order valence-electron chi connectivity index (χ4n) is 1.87. The predicted molar refractivity (Wildman–Crippen MR) is 70.3 cm³/mol. The summed E-state index contributed by atoms with van der Waals surface area (Å²) in [6.07, 6.45) is 2.77. The number of aryl methyl sites for hydroxylation is 1. The normalized spacial score (nSPS) is 13.1. The molecule has 17 heavy (non-hydrogen) atoms. The molecule has 0 fully saturated rings. The summed E-state index contributed by atoms with van der Waals surface area (Å²) >= 11 is 0. The average molecular weight is 239 g/mol. The van der Waals surface area contributed by atoms with Crippen LogP contribution in [0, 0.1) is 11.8 Å². The van der Waals surface area contributed by atoms with E-state index in [4.69, 9.17) is 4.74 Å². The molecule has 0 saturated carbocycles. The maximum atomic E-state index is 5.31. The van der Waals surface area contributed by atoms with Gasteiger partial charge in [-0.3, -0.25) is 4.68 Å². The molecule has 4 heteroatoms. The zero-order valence-corrected chi connectivity index (χ0v) is 11.7. The SMILES string of the molecule is COc1cnn(C)c1CC(C)CNCC(C)C. The molecule has 0 amide bonds. The largest absolute Gasteiger partial charge is 0.493 e. The second-order valence-corrected chi connectivity index (χ2v) is 5.14. The maximum absolute atomic E-state index is 5.31. The van der Waals surface area contributed by atoms with Crippen LogP contribution in [0.4, 0.5) is 0 Å². The van der Waals surface area contributed by atoms with Gasteiger partial charge in [-0.2, -0.15) is 5.10 Å². The number of hydrogen-bond donors (Lipinski definition) is 1. The van der Waals surface area contributed by atoms with Crippen LogP contribution in [0.3, 0.4) is 0 Å². The van der Waals surface area contributed by atoms with Gasteiger partial charge < -0.3 is 10.1 Å². The summed E-state index contributed by atoms with van der Waals surface area (Å²) in [5.41, 5.74) is 1.17. The van der Waals surface area contributed by atoms with Crippen LogP contribution in [0.25, 0.3) is 0 Å². The average Bonchev–Trinajstić information content (AvgIpc) is 2.59. The Morgan fingerprint density at radius 3 is 2.65 bits per heavy atom. The van der Waals surface area contributed by atoms with Gasteiger partial charge in [-0.05, 0) is 31.3 Å². The van der Waals surface area contributed by atoms with Crippen molar-refractivity contribution in [3.8, 4) is 5.75 Å². The molecule has 0 bridgehead atoms. The van der Waals surface area contributed by atoms with Crippen molar-refractivity contribution in [3.63, 3.8) is 0 Å². The molecule has 0 aromatic carbocycles. The van der Waals surface area contributed by atoms with E-state index in [1.54, 1.807) is 13.3 Å². The number of hydrogen-bond acceptors (Lipinski definition) is 3. The Bertz CT molecular complexity index is 333. The van der Waals surface area contributed by atoms with Crippen molar-refractivity contribution in [1.82, 2.24) is 15.1 Å². The zero-order chi connectivity index (χ0) is 12.8. The minimum absolute atomic E-state index is 0.582. The van der Waals surface area contributed by atoms with Crippen LogP contribution in [0.2, 0.25) is 0 Å². The van der Waals surface area contributed by atoms with E-state index >= 15 is 0 Å². The second kappa shape index (κ2) is 6.64. The maximum Gasteiger partial charge on any atom is 0.159 e. The topological polar surface area (TPSA) is 39.1 Å². The quantitative estimate of drug-likeness (QED) is 0.789. The van der Waals surface area contributed by atoms with Crippen molar-refractivity contribution in [3.05, 3.63) is 11.9 Å². The summed E-state index contributed by atoms with van der Waals surface area (Å²) in [6, 6.07) is 0. The van der Waals surface area contributed by atoms with Gasteiger partial charge in [0.05, 0.1) is 19.0 Å². The Morgan fingerprint density at radius 2 is 2.06 bits per heavy atom. The van der Waals surface area contributed by atoms with Crippen LogP contribution in [-0.4, -0.2) is 30.0 Å². The van der Waals surface area contributed by atoms with Crippen molar-refractivity contribution in [2.24, 2.45) is 18.9 Å². The van der Waals surface area contributed by atoms with Gasteiger partial charge in [0.2, 0.25) is 0 Å². The van der Waals surface area contributed by atoms with Gasteiger partial charge in [-0.25, -0.2) is 0 Å². The third-order valence-corrected chi connectivity index (χ3v) is 2.83. The molecule has 0 aliphatic carbocycles. The van der Waals surface area contributed by atoms with E-state index in [9.17, 15) is 0 Å². The summed E-state index contributed by atoms with van der Waals surface area (Å²) < 4.78 is 7.21. The summed E-state index contributed by atoms with van der Waals surface area (Å²) in [7, 11) is 3.66. The molecule has 1 aromatic rings. The summed E-state index contributed by atoms with van der Waals surface area (Å²) in [5, 5.41) is 7.70. The molecule has 1 N–H and O–H groups in total. The fraction of sp³-hybridized carbons (Fsp3) is 0.769. The highest BCUT2D eigenvalue weighted by atomic mass is 16.5. The van der Waals surface area contributed by atoms with Crippen molar-refractivity contribution < 1.29 is 4.74 Å². The van der Waals surface area contributed by atoms with Crippen molar-refractivity contribution in [2.75, 3.05) is 20.2 Å². The standard InChI is InChI=1S/C13H25N3O/c1-10(2)7-14-8-11(3)6-12-13(17-5)9-15-16(12)4/h9-11,14H,6-8H2,1-5H3. The minimum Gasteiger partial charge on any atom is -0.493 e. The first kappa shape index (κ1) is 14.0. The molecule has 0 radical (unpaired) electrons. The van der Waals surface area contributed by atoms with E-state index in [1.165, 1.54) is 5.69 Å². The van der Waals surface area contributed by atoms with Gasteiger partial charge in [0.1, 0.15) is 0 Å². The van der Waals surface area contributed by atoms with Gasteiger partial charge in [-0.15, -0.1) is 0 Å². The Hall–Kier alpha value is -1.03. The molecule has 4 nitrogen and oxygen atoms in total. The molecule has 1 unspecified atom stereocenters. The molecule has 1 rings (SSSR count). The van der Waals surface area contributed by atoms with Gasteiger partial charge >= 0.3 is 0 Å². The molecule has 98 valence electrons. The number of nitrogens with zero attached hydrogens (tertiary/aromatic N) is 2. The Balaban J connectivity index is 2.44. The van der Waals surface area contributed by atoms with Crippen LogP contribution in [0.1, 0.15) is 26.5 Å². The minimum atomic E-state index is 0.582. The number of nitrogens with one attached hydrogen (secondary N) is 1. The summed E-state index contributed by atoms with van der Waals surface area (Å²) in [6.45, 7) is 8.81. The van der Waals surface area contributed by atoms with Crippen molar-refractivity contribution in [2.45, 2.75) is 27.2 Å². The Kier molecular flexibility index (Phi) is 5.48. The molecule has 0 aliphatic heterocycles. The third-order valence-electron chi connectivity index (χ3n) is 2.83. The highest BCUT2D eigenvalue weighted by molar-refractivity contribution is 5.25. The van der Waals surface area contributed by atoms with E-state index < -0.39 is 0 Å². The van der Waals surface area contributed by atoms with Gasteiger partial charge in [-0.1, -0.05) is 20.8 Å². The smallest absolute Gasteiger partial charge is 0.159 e. The van der Waals surface area contributed by atoms with Crippen molar-refractivity contribution in [1.29, 1.82) is 0 Å². The van der Waals surface area contributed by atoms with E-state index in [2.05, 4.69) is 31.2 Å². The highest BCUT2D eigenvalue weighted by Gasteiger charge is 2.12. The molecular formula is C13H25N3O. The first-order valence-corrected chi connectivity index (χ1v) is 6.30. The fourth-order valence-corrected chi connectivity index (χ4v) is 1.87. The van der Waals surface area contributed by atoms with Gasteiger partial charge in [0, 0.05) is 7.05 Å². The lowest BCUT2D eigenvalue weighted by atomic mass is 10.0. The first-order valence-electron chi connectivity index (χ1n) is 6.30. The van der Waals surface area contributed by atoms with E-state index in [1.807, 2.05) is 11.7 Å². The van der Waals surface area contributed by atoms with Crippen LogP contribution in [-0.2, 0) is 13.5 Å². The summed E-state index contributed by atoms with van der Waals surface area (Å²) in [4.78, 5) is 0. The molecule has 0 aliphatic rings. The molecular weight excluding hydrogens is 214 g/mol. The third kappa shape index (κ3) is 4.38. The summed E-state index contributed by atoms with van der Waals surface area (Å²) in [5.74, 6) is 2.18. The van der Waals surface area contributed by atoms with Gasteiger partial charge in [0.25, 0.3) is 0 Å². The molecule has 1 aromatic heterocycles. The zero-order valence-electron chi connectivity index (χ0n) is 11.7. The molecule has 1 atom stereocenters. The lowest BCUT2D eigenvalue weighted by Gasteiger charge is -2.14. The highest BCUT2D eigenvalue weighted by Crippen LogP contribution is 2.19. The number of rotatable bonds is 7. The van der Waals surface area contributed by atoms with E-state index in [-0.39, 0.29) is 0 Å². The van der Waals surface area contributed by atoms with Crippen LogP contribution >= 0.6 is 0 Å². The number of aromatic nitrogens is 2. The molecule has 0 saturated heterocycles. The molecule has 1 heterocycles. The number of methoxy groups -OCH3 is 1. The second-order valence-electron chi connectivity index (χ2n) is 5.14. The van der Waals surface area contributed by atoms with Crippen molar-refractivity contribution >= 4 is 0 Å². The van der Waals surface area contributed by atoms with E-state index in [0.29, 0.717) is 11.8 Å². The lowest BCUT2D eigenvalue weighted by molar-refractivity contribution is 0.399. The van der Waals surface area contributed by atoms with E-state index in [0.717, 1.165) is 25.3 Å². The Morgan fingerprint density at radius 1 is 1.35 bits per heavy atom. The van der Waals surface area contributed by atoms with Crippen LogP contribution < -0.4 is 10.1 Å². The predicted octanol–water partition coefficient (Wildman–Crippen LogP) is 1.85. The first-order chi connectivity index (χ1) is 8.04. The Labute approximate surface area is 104 Å². The molecule has 0 spiro atoms. The van der Waals surface area contributed by atoms with Crippen LogP contribution in [0.5, 0.6) is 5.75 Å². The number of ether oxygens (including phenoxy) is 1.